The first-order valence-corrected chi connectivity index (χ1v) is 7.88. The fourth-order valence-corrected chi connectivity index (χ4v) is 2.96. The van der Waals surface area contributed by atoms with Gasteiger partial charge in [0, 0.05) is 36.2 Å². The molecule has 2 aromatic rings. The maximum atomic E-state index is 12.3. The van der Waals surface area contributed by atoms with E-state index < -0.39 is 0 Å². The van der Waals surface area contributed by atoms with Crippen LogP contribution in [-0.4, -0.2) is 23.3 Å². The van der Waals surface area contributed by atoms with E-state index >= 15 is 0 Å². The van der Waals surface area contributed by atoms with Gasteiger partial charge in [0.25, 0.3) is 5.91 Å². The van der Waals surface area contributed by atoms with Crippen molar-refractivity contribution in [3.8, 4) is 0 Å². The molecule has 4 rings (SSSR count). The van der Waals surface area contributed by atoms with Crippen molar-refractivity contribution in [2.75, 3.05) is 16.8 Å². The second-order valence-corrected chi connectivity index (χ2v) is 6.05. The average Bonchev–Trinajstić information content (AvgIpc) is 3.35. The first kappa shape index (κ1) is 13.9. The van der Waals surface area contributed by atoms with E-state index in [1.165, 1.54) is 0 Å². The summed E-state index contributed by atoms with van der Waals surface area (Å²) in [7, 11) is 0. The van der Waals surface area contributed by atoms with Gasteiger partial charge in [-0.25, -0.2) is 0 Å². The van der Waals surface area contributed by atoms with Gasteiger partial charge in [0.2, 0.25) is 5.91 Å². The van der Waals surface area contributed by atoms with Gasteiger partial charge in [-0.1, -0.05) is 0 Å². The Morgan fingerprint density at radius 2 is 2.09 bits per heavy atom. The number of hydrogen-bond acceptors (Lipinski definition) is 3. The van der Waals surface area contributed by atoms with Gasteiger partial charge < -0.3 is 10.2 Å². The highest BCUT2D eigenvalue weighted by Crippen LogP contribution is 2.37. The second kappa shape index (κ2) is 5.50. The molecule has 23 heavy (non-hydrogen) atoms. The molecule has 0 radical (unpaired) electrons. The van der Waals surface area contributed by atoms with E-state index in [1.807, 2.05) is 23.1 Å². The van der Waals surface area contributed by atoms with E-state index in [-0.39, 0.29) is 17.7 Å². The molecule has 5 heteroatoms. The summed E-state index contributed by atoms with van der Waals surface area (Å²) in [5, 5.41) is 2.88. The van der Waals surface area contributed by atoms with Gasteiger partial charge in [0.05, 0.1) is 5.56 Å². The van der Waals surface area contributed by atoms with Gasteiger partial charge >= 0.3 is 0 Å². The smallest absolute Gasteiger partial charge is 0.257 e. The van der Waals surface area contributed by atoms with E-state index in [1.54, 1.807) is 24.5 Å². The van der Waals surface area contributed by atoms with Crippen molar-refractivity contribution < 1.29 is 9.59 Å². The molecule has 5 nitrogen and oxygen atoms in total. The first-order valence-electron chi connectivity index (χ1n) is 7.88. The molecule has 0 bridgehead atoms. The summed E-state index contributed by atoms with van der Waals surface area (Å²) in [5.41, 5.74) is 3.38. The number of fused-ring (bicyclic) bond motifs is 1. The minimum Gasteiger partial charge on any atom is -0.322 e. The van der Waals surface area contributed by atoms with Crippen LogP contribution in [0.2, 0.25) is 0 Å². The minimum absolute atomic E-state index is 0.179. The van der Waals surface area contributed by atoms with Crippen LogP contribution in [0.3, 0.4) is 0 Å². The molecule has 1 aromatic heterocycles. The molecule has 1 aliphatic carbocycles. The summed E-state index contributed by atoms with van der Waals surface area (Å²) in [4.78, 5) is 30.3. The molecular formula is C18H17N3O2. The number of carbonyl (C=O) groups is 2. The summed E-state index contributed by atoms with van der Waals surface area (Å²) < 4.78 is 0. The van der Waals surface area contributed by atoms with Crippen molar-refractivity contribution >= 4 is 23.2 Å². The summed E-state index contributed by atoms with van der Waals surface area (Å²) >= 11 is 0. The normalized spacial score (nSPS) is 16.1. The van der Waals surface area contributed by atoms with Crippen molar-refractivity contribution in [2.45, 2.75) is 19.3 Å². The number of nitrogens with one attached hydrogen (secondary N) is 1. The van der Waals surface area contributed by atoms with Gasteiger partial charge in [-0.15, -0.1) is 0 Å². The zero-order valence-corrected chi connectivity index (χ0v) is 12.7. The maximum Gasteiger partial charge on any atom is 0.257 e. The lowest BCUT2D eigenvalue weighted by atomic mass is 10.1. The third kappa shape index (κ3) is 2.70. The topological polar surface area (TPSA) is 62.3 Å². The summed E-state index contributed by atoms with van der Waals surface area (Å²) in [6, 6.07) is 9.21. The fraction of sp³-hybridized carbons (Fsp3) is 0.278. The van der Waals surface area contributed by atoms with Crippen molar-refractivity contribution in [2.24, 2.45) is 5.92 Å². The van der Waals surface area contributed by atoms with Gasteiger partial charge in [0.15, 0.2) is 0 Å². The van der Waals surface area contributed by atoms with Crippen molar-refractivity contribution in [3.63, 3.8) is 0 Å². The molecule has 1 aliphatic heterocycles. The molecule has 1 fully saturated rings. The van der Waals surface area contributed by atoms with Crippen molar-refractivity contribution in [1.29, 1.82) is 0 Å². The molecule has 2 amide bonds. The standard InChI is InChI=1S/C18H17N3O2/c22-17(14-2-1-8-19-11-14)20-15-5-6-16-13(10-15)7-9-21(16)18(23)12-3-4-12/h1-2,5-6,8,10-12H,3-4,7,9H2,(H,20,22). The van der Waals surface area contributed by atoms with Gasteiger partial charge in [-0.2, -0.15) is 0 Å². The lowest BCUT2D eigenvalue weighted by Crippen LogP contribution is -2.30. The molecule has 116 valence electrons. The van der Waals surface area contributed by atoms with Crippen LogP contribution in [0.4, 0.5) is 11.4 Å². The number of carbonyl (C=O) groups excluding carboxylic acids is 2. The Labute approximate surface area is 134 Å². The molecule has 2 aliphatic rings. The van der Waals surface area contributed by atoms with Crippen LogP contribution in [0.5, 0.6) is 0 Å². The predicted octanol–water partition coefficient (Wildman–Crippen LogP) is 2.63. The molecule has 1 saturated carbocycles. The molecule has 0 unspecified atom stereocenters. The maximum absolute atomic E-state index is 12.3. The van der Waals surface area contributed by atoms with Gasteiger partial charge in [-0.3, -0.25) is 14.6 Å². The minimum atomic E-state index is -0.179. The number of amides is 2. The Morgan fingerprint density at radius 3 is 2.83 bits per heavy atom. The largest absolute Gasteiger partial charge is 0.322 e. The number of benzene rings is 1. The predicted molar refractivity (Wildman–Crippen MR) is 87.4 cm³/mol. The molecule has 1 aromatic carbocycles. The number of nitrogens with zero attached hydrogens (tertiary/aromatic N) is 2. The number of rotatable bonds is 3. The Kier molecular flexibility index (Phi) is 3.33. The van der Waals surface area contributed by atoms with Crippen LogP contribution in [0.15, 0.2) is 42.7 Å². The lowest BCUT2D eigenvalue weighted by Gasteiger charge is -2.17. The highest BCUT2D eigenvalue weighted by molar-refractivity contribution is 6.04. The van der Waals surface area contributed by atoms with Gasteiger partial charge in [-0.05, 0) is 55.2 Å². The number of pyridine rings is 1. The Morgan fingerprint density at radius 1 is 1.22 bits per heavy atom. The molecule has 0 spiro atoms. The zero-order chi connectivity index (χ0) is 15.8. The van der Waals surface area contributed by atoms with E-state index in [0.717, 1.165) is 42.7 Å². The van der Waals surface area contributed by atoms with Crippen LogP contribution in [0.25, 0.3) is 0 Å². The number of aromatic nitrogens is 1. The summed E-state index contributed by atoms with van der Waals surface area (Å²) in [6.45, 7) is 0.741. The summed E-state index contributed by atoms with van der Waals surface area (Å²) in [5.74, 6) is 0.295. The lowest BCUT2D eigenvalue weighted by molar-refractivity contribution is -0.119. The SMILES string of the molecule is O=C(Nc1ccc2c(c1)CCN2C(=O)C1CC1)c1cccnc1. The van der Waals surface area contributed by atoms with Crippen LogP contribution in [0.1, 0.15) is 28.8 Å². The second-order valence-electron chi connectivity index (χ2n) is 6.05. The van der Waals surface area contributed by atoms with E-state index in [4.69, 9.17) is 0 Å². The van der Waals surface area contributed by atoms with E-state index in [2.05, 4.69) is 10.3 Å². The van der Waals surface area contributed by atoms with Crippen molar-refractivity contribution in [3.05, 3.63) is 53.9 Å². The first-order chi connectivity index (χ1) is 11.2. The molecule has 2 heterocycles. The van der Waals surface area contributed by atoms with Gasteiger partial charge in [0.1, 0.15) is 0 Å². The fourth-order valence-electron chi connectivity index (χ4n) is 2.96. The highest BCUT2D eigenvalue weighted by Gasteiger charge is 2.36. The third-order valence-electron chi connectivity index (χ3n) is 4.35. The third-order valence-corrected chi connectivity index (χ3v) is 4.35. The Bertz CT molecular complexity index is 769. The van der Waals surface area contributed by atoms with Crippen LogP contribution < -0.4 is 10.2 Å². The van der Waals surface area contributed by atoms with Crippen molar-refractivity contribution in [1.82, 2.24) is 4.98 Å². The molecule has 0 atom stereocenters. The van der Waals surface area contributed by atoms with Crippen LogP contribution in [0, 0.1) is 5.92 Å². The highest BCUT2D eigenvalue weighted by atomic mass is 16.2. The van der Waals surface area contributed by atoms with Crippen LogP contribution in [-0.2, 0) is 11.2 Å². The molecule has 1 N–H and O–H groups in total. The van der Waals surface area contributed by atoms with Crippen LogP contribution >= 0.6 is 0 Å². The Balaban J connectivity index is 1.52. The average molecular weight is 307 g/mol. The number of anilines is 2. The van der Waals surface area contributed by atoms with E-state index in [0.29, 0.717) is 5.56 Å². The zero-order valence-electron chi connectivity index (χ0n) is 12.7. The van der Waals surface area contributed by atoms with E-state index in [9.17, 15) is 9.59 Å². The number of hydrogen-bond donors (Lipinski definition) is 1. The Hall–Kier alpha value is -2.69. The molecule has 0 saturated heterocycles. The summed E-state index contributed by atoms with van der Waals surface area (Å²) in [6.07, 6.45) is 6.05. The molecular weight excluding hydrogens is 290 g/mol. The monoisotopic (exact) mass is 307 g/mol. The quantitative estimate of drug-likeness (QED) is 0.948.